The zero-order chi connectivity index (χ0) is 16.3. The van der Waals surface area contributed by atoms with Crippen molar-refractivity contribution in [2.24, 2.45) is 5.92 Å². The molecule has 6 heteroatoms. The first-order valence-corrected chi connectivity index (χ1v) is 8.25. The highest BCUT2D eigenvalue weighted by Gasteiger charge is 2.27. The summed E-state index contributed by atoms with van der Waals surface area (Å²) in [5.74, 6) is -1.39. The minimum absolute atomic E-state index is 0.00233. The summed E-state index contributed by atoms with van der Waals surface area (Å²) in [5.41, 5.74) is 0.00233. The highest BCUT2D eigenvalue weighted by molar-refractivity contribution is 7.12. The van der Waals surface area contributed by atoms with E-state index in [2.05, 4.69) is 25.8 Å². The number of carbonyl (C=O) groups excluding carboxylic acids is 1. The third-order valence-corrected chi connectivity index (χ3v) is 5.03. The molecule has 22 heavy (non-hydrogen) atoms. The molecule has 1 amide bonds. The summed E-state index contributed by atoms with van der Waals surface area (Å²) < 4.78 is 0. The van der Waals surface area contributed by atoms with E-state index in [-0.39, 0.29) is 11.3 Å². The van der Waals surface area contributed by atoms with Gasteiger partial charge in [0.05, 0.1) is 10.9 Å². The van der Waals surface area contributed by atoms with E-state index in [1.165, 1.54) is 6.08 Å². The van der Waals surface area contributed by atoms with Gasteiger partial charge in [-0.2, -0.15) is 0 Å². The minimum Gasteiger partial charge on any atom is -0.481 e. The number of aliphatic carboxylic acids is 1. The fourth-order valence-electron chi connectivity index (χ4n) is 2.35. The number of thiazole rings is 1. The average Bonchev–Trinajstić information content (AvgIpc) is 2.94. The van der Waals surface area contributed by atoms with Crippen molar-refractivity contribution < 1.29 is 14.7 Å². The molecule has 5 nitrogen and oxygen atoms in total. The van der Waals surface area contributed by atoms with E-state index in [1.807, 2.05) is 0 Å². The molecule has 1 aliphatic heterocycles. The van der Waals surface area contributed by atoms with Crippen LogP contribution in [0.5, 0.6) is 0 Å². The largest absolute Gasteiger partial charge is 0.481 e. The summed E-state index contributed by atoms with van der Waals surface area (Å²) in [4.78, 5) is 30.1. The van der Waals surface area contributed by atoms with Gasteiger partial charge < -0.3 is 10.0 Å². The third kappa shape index (κ3) is 4.16. The van der Waals surface area contributed by atoms with Crippen LogP contribution in [0.3, 0.4) is 0 Å². The molecule has 0 aromatic carbocycles. The monoisotopic (exact) mass is 322 g/mol. The normalized spacial score (nSPS) is 19.6. The lowest BCUT2D eigenvalue weighted by Crippen LogP contribution is -2.41. The van der Waals surface area contributed by atoms with Crippen molar-refractivity contribution in [2.45, 2.75) is 39.0 Å². The van der Waals surface area contributed by atoms with Crippen LogP contribution in [-0.4, -0.2) is 40.0 Å². The molecule has 0 saturated carbocycles. The number of amides is 1. The van der Waals surface area contributed by atoms with E-state index in [1.54, 1.807) is 28.5 Å². The number of carboxylic acids is 1. The highest BCUT2D eigenvalue weighted by atomic mass is 32.1. The van der Waals surface area contributed by atoms with Gasteiger partial charge in [-0.3, -0.25) is 9.59 Å². The Kier molecular flexibility index (Phi) is 5.01. The molecule has 1 saturated heterocycles. The number of carboxylic acid groups (broad SMARTS) is 1. The first-order chi connectivity index (χ1) is 10.3. The van der Waals surface area contributed by atoms with Crippen LogP contribution in [0.2, 0.25) is 0 Å². The molecular formula is C16H22N2O3S. The predicted molar refractivity (Wildman–Crippen MR) is 86.8 cm³/mol. The van der Waals surface area contributed by atoms with Gasteiger partial charge in [-0.05, 0) is 18.9 Å². The Bertz CT molecular complexity index is 586. The number of hydrogen-bond donors (Lipinski definition) is 1. The zero-order valence-corrected chi connectivity index (χ0v) is 14.0. The Morgan fingerprint density at radius 1 is 1.45 bits per heavy atom. The van der Waals surface area contributed by atoms with Crippen molar-refractivity contribution in [3.63, 3.8) is 0 Å². The van der Waals surface area contributed by atoms with Crippen molar-refractivity contribution >= 4 is 29.3 Å². The van der Waals surface area contributed by atoms with Gasteiger partial charge in [0.2, 0.25) is 5.91 Å². The van der Waals surface area contributed by atoms with E-state index in [0.717, 1.165) is 16.3 Å². The van der Waals surface area contributed by atoms with Crippen LogP contribution in [0.1, 0.15) is 43.5 Å². The lowest BCUT2D eigenvalue weighted by atomic mass is 9.98. The van der Waals surface area contributed by atoms with Gasteiger partial charge in [-0.1, -0.05) is 20.8 Å². The summed E-state index contributed by atoms with van der Waals surface area (Å²) >= 11 is 1.57. The molecule has 120 valence electrons. The highest BCUT2D eigenvalue weighted by Crippen LogP contribution is 2.27. The molecule has 1 N–H and O–H groups in total. The SMILES string of the molecule is CC(C)(C)c1ncc(/C=C/C(=O)N2CCCC(C(=O)O)C2)s1. The number of nitrogens with zero attached hydrogens (tertiary/aromatic N) is 2. The van der Waals surface area contributed by atoms with Gasteiger partial charge in [0.25, 0.3) is 0 Å². The van der Waals surface area contributed by atoms with Gasteiger partial charge in [0.15, 0.2) is 0 Å². The lowest BCUT2D eigenvalue weighted by Gasteiger charge is -2.29. The maximum absolute atomic E-state index is 12.2. The smallest absolute Gasteiger partial charge is 0.308 e. The number of carbonyl (C=O) groups is 2. The van der Waals surface area contributed by atoms with Crippen molar-refractivity contribution in [3.05, 3.63) is 22.2 Å². The van der Waals surface area contributed by atoms with Gasteiger partial charge >= 0.3 is 5.97 Å². The van der Waals surface area contributed by atoms with Gasteiger partial charge in [0, 0.05) is 35.7 Å². The molecule has 0 bridgehead atoms. The number of aromatic nitrogens is 1. The lowest BCUT2D eigenvalue weighted by molar-refractivity contribution is -0.144. The molecule has 2 rings (SSSR count). The summed E-state index contributed by atoms with van der Waals surface area (Å²) in [6.07, 6.45) is 6.44. The Labute approximate surface area is 134 Å². The predicted octanol–water partition coefficient (Wildman–Crippen LogP) is 2.78. The van der Waals surface area contributed by atoms with E-state index >= 15 is 0 Å². The molecule has 0 spiro atoms. The second-order valence-electron chi connectivity index (χ2n) is 6.61. The molecule has 1 atom stereocenters. The van der Waals surface area contributed by atoms with Crippen molar-refractivity contribution in [2.75, 3.05) is 13.1 Å². The van der Waals surface area contributed by atoms with Crippen LogP contribution in [0.4, 0.5) is 0 Å². The first kappa shape index (κ1) is 16.7. The Hall–Kier alpha value is -1.69. The van der Waals surface area contributed by atoms with E-state index in [9.17, 15) is 9.59 Å². The quantitative estimate of drug-likeness (QED) is 0.869. The fourth-order valence-corrected chi connectivity index (χ4v) is 3.22. The van der Waals surface area contributed by atoms with Crippen LogP contribution in [0.25, 0.3) is 6.08 Å². The first-order valence-electron chi connectivity index (χ1n) is 7.43. The van der Waals surface area contributed by atoms with Crippen molar-refractivity contribution in [3.8, 4) is 0 Å². The molecule has 1 aromatic heterocycles. The van der Waals surface area contributed by atoms with E-state index in [4.69, 9.17) is 5.11 Å². The number of hydrogen-bond acceptors (Lipinski definition) is 4. The van der Waals surface area contributed by atoms with Crippen LogP contribution in [0, 0.1) is 5.92 Å². The molecule has 2 heterocycles. The molecule has 1 aliphatic rings. The molecule has 1 fully saturated rings. The molecule has 0 aliphatic carbocycles. The van der Waals surface area contributed by atoms with Gasteiger partial charge in [-0.25, -0.2) is 4.98 Å². The molecule has 1 aromatic rings. The van der Waals surface area contributed by atoms with Crippen LogP contribution in [-0.2, 0) is 15.0 Å². The molecular weight excluding hydrogens is 300 g/mol. The third-order valence-electron chi connectivity index (χ3n) is 3.64. The fraction of sp³-hybridized carbons (Fsp3) is 0.562. The Morgan fingerprint density at radius 2 is 2.18 bits per heavy atom. The standard InChI is InChI=1S/C16H22N2O3S/c1-16(2,3)15-17-9-12(22-15)6-7-13(19)18-8-4-5-11(10-18)14(20)21/h6-7,9,11H,4-5,8,10H2,1-3H3,(H,20,21)/b7-6+. The number of likely N-dealkylation sites (tertiary alicyclic amines) is 1. The second kappa shape index (κ2) is 6.60. The molecule has 0 radical (unpaired) electrons. The van der Waals surface area contributed by atoms with E-state index < -0.39 is 11.9 Å². The number of rotatable bonds is 3. The van der Waals surface area contributed by atoms with E-state index in [0.29, 0.717) is 19.5 Å². The van der Waals surface area contributed by atoms with Crippen LogP contribution in [0.15, 0.2) is 12.3 Å². The second-order valence-corrected chi connectivity index (χ2v) is 7.67. The van der Waals surface area contributed by atoms with Gasteiger partial charge in [-0.15, -0.1) is 11.3 Å². The van der Waals surface area contributed by atoms with Gasteiger partial charge in [0.1, 0.15) is 0 Å². The van der Waals surface area contributed by atoms with Crippen molar-refractivity contribution in [1.82, 2.24) is 9.88 Å². The Balaban J connectivity index is 1.99. The van der Waals surface area contributed by atoms with Crippen molar-refractivity contribution in [1.29, 1.82) is 0 Å². The van der Waals surface area contributed by atoms with Crippen LogP contribution < -0.4 is 0 Å². The molecule has 1 unspecified atom stereocenters. The topological polar surface area (TPSA) is 70.5 Å². The summed E-state index contributed by atoms with van der Waals surface area (Å²) in [7, 11) is 0. The number of piperidine rings is 1. The summed E-state index contributed by atoms with van der Waals surface area (Å²) in [6.45, 7) is 7.23. The maximum Gasteiger partial charge on any atom is 0.308 e. The minimum atomic E-state index is -0.821. The Morgan fingerprint density at radius 3 is 2.77 bits per heavy atom. The summed E-state index contributed by atoms with van der Waals surface area (Å²) in [6, 6.07) is 0. The zero-order valence-electron chi connectivity index (χ0n) is 13.2. The van der Waals surface area contributed by atoms with Crippen LogP contribution >= 0.6 is 11.3 Å². The summed E-state index contributed by atoms with van der Waals surface area (Å²) in [5, 5.41) is 10.1. The average molecular weight is 322 g/mol. The maximum atomic E-state index is 12.2.